The molecular formula is C21H21N5O. The van der Waals surface area contributed by atoms with E-state index in [1.165, 1.54) is 0 Å². The van der Waals surface area contributed by atoms with Gasteiger partial charge < -0.3 is 15.4 Å². The first-order valence-electron chi connectivity index (χ1n) is 8.67. The highest BCUT2D eigenvalue weighted by atomic mass is 16.5. The van der Waals surface area contributed by atoms with Crippen LogP contribution in [0.3, 0.4) is 0 Å². The highest BCUT2D eigenvalue weighted by Gasteiger charge is 2.07. The Bertz CT molecular complexity index is 965. The number of anilines is 3. The molecule has 27 heavy (non-hydrogen) atoms. The van der Waals surface area contributed by atoms with Crippen LogP contribution in [-0.4, -0.2) is 23.6 Å². The lowest BCUT2D eigenvalue weighted by molar-refractivity contribution is 0.410. The lowest BCUT2D eigenvalue weighted by Gasteiger charge is -2.12. The third-order valence-corrected chi connectivity index (χ3v) is 4.04. The van der Waals surface area contributed by atoms with Gasteiger partial charge >= 0.3 is 0 Å². The number of methoxy groups -OCH3 is 1. The van der Waals surface area contributed by atoms with E-state index in [1.807, 2.05) is 49.4 Å². The van der Waals surface area contributed by atoms with E-state index in [0.717, 1.165) is 29.2 Å². The van der Waals surface area contributed by atoms with Crippen molar-refractivity contribution in [2.75, 3.05) is 24.3 Å². The molecule has 0 saturated heterocycles. The third-order valence-electron chi connectivity index (χ3n) is 4.04. The van der Waals surface area contributed by atoms with E-state index < -0.39 is 0 Å². The largest absolute Gasteiger partial charge is 0.496 e. The second-order valence-electron chi connectivity index (χ2n) is 5.99. The molecule has 3 aromatic rings. The van der Waals surface area contributed by atoms with Gasteiger partial charge in [0.1, 0.15) is 17.6 Å². The Kier molecular flexibility index (Phi) is 5.85. The first-order valence-corrected chi connectivity index (χ1v) is 8.67. The normalized spacial score (nSPS) is 10.1. The zero-order chi connectivity index (χ0) is 19.1. The molecule has 2 N–H and O–H groups in total. The highest BCUT2D eigenvalue weighted by Crippen LogP contribution is 2.20. The van der Waals surface area contributed by atoms with E-state index in [0.29, 0.717) is 23.7 Å². The average molecular weight is 359 g/mol. The fourth-order valence-corrected chi connectivity index (χ4v) is 2.76. The van der Waals surface area contributed by atoms with Gasteiger partial charge in [0.15, 0.2) is 0 Å². The molecule has 0 fully saturated rings. The summed E-state index contributed by atoms with van der Waals surface area (Å²) in [7, 11) is 1.68. The minimum atomic E-state index is 0.456. The molecule has 136 valence electrons. The Labute approximate surface area is 158 Å². The fraction of sp³-hybridized carbons (Fsp3) is 0.190. The molecule has 0 atom stereocenters. The number of hydrogen-bond donors (Lipinski definition) is 2. The number of benzene rings is 2. The van der Waals surface area contributed by atoms with E-state index in [4.69, 9.17) is 4.74 Å². The van der Waals surface area contributed by atoms with E-state index in [1.54, 1.807) is 13.2 Å². The number of nitriles is 1. The molecule has 0 amide bonds. The summed E-state index contributed by atoms with van der Waals surface area (Å²) in [6.07, 6.45) is 0.813. The summed E-state index contributed by atoms with van der Waals surface area (Å²) in [5.41, 5.74) is 3.21. The molecule has 1 aromatic heterocycles. The molecule has 0 aliphatic heterocycles. The molecule has 3 rings (SSSR count). The Morgan fingerprint density at radius 3 is 2.67 bits per heavy atom. The van der Waals surface area contributed by atoms with Crippen LogP contribution in [-0.2, 0) is 6.42 Å². The van der Waals surface area contributed by atoms with Gasteiger partial charge in [-0.3, -0.25) is 0 Å². The van der Waals surface area contributed by atoms with Gasteiger partial charge in [-0.25, -0.2) is 4.98 Å². The number of hydrogen-bond acceptors (Lipinski definition) is 6. The smallest absolute Gasteiger partial charge is 0.229 e. The first-order chi connectivity index (χ1) is 13.2. The number of ether oxygens (including phenoxy) is 1. The Morgan fingerprint density at radius 2 is 1.85 bits per heavy atom. The van der Waals surface area contributed by atoms with Gasteiger partial charge in [0, 0.05) is 18.3 Å². The summed E-state index contributed by atoms with van der Waals surface area (Å²) >= 11 is 0. The summed E-state index contributed by atoms with van der Waals surface area (Å²) in [6.45, 7) is 2.62. The summed E-state index contributed by atoms with van der Waals surface area (Å²) in [5, 5.41) is 15.7. The molecule has 2 aromatic carbocycles. The van der Waals surface area contributed by atoms with E-state index in [9.17, 15) is 5.26 Å². The molecule has 0 spiro atoms. The summed E-state index contributed by atoms with van der Waals surface area (Å²) in [4.78, 5) is 8.91. The summed E-state index contributed by atoms with van der Waals surface area (Å²) in [6, 6.07) is 19.3. The molecule has 0 unspecified atom stereocenters. The summed E-state index contributed by atoms with van der Waals surface area (Å²) < 4.78 is 5.38. The number of rotatable bonds is 7. The molecule has 0 aliphatic carbocycles. The predicted molar refractivity (Wildman–Crippen MR) is 106 cm³/mol. The van der Waals surface area contributed by atoms with Gasteiger partial charge in [0.2, 0.25) is 5.95 Å². The van der Waals surface area contributed by atoms with Crippen LogP contribution in [0.25, 0.3) is 0 Å². The number of aryl methyl sites for hydroxylation is 1. The van der Waals surface area contributed by atoms with Gasteiger partial charge in [0.25, 0.3) is 0 Å². The van der Waals surface area contributed by atoms with Gasteiger partial charge in [0.05, 0.1) is 18.4 Å². The van der Waals surface area contributed by atoms with Crippen LogP contribution in [0.4, 0.5) is 17.5 Å². The molecule has 0 radical (unpaired) electrons. The van der Waals surface area contributed by atoms with Gasteiger partial charge in [-0.05, 0) is 37.1 Å². The van der Waals surface area contributed by atoms with Gasteiger partial charge in [-0.15, -0.1) is 0 Å². The van der Waals surface area contributed by atoms with Crippen molar-refractivity contribution in [1.82, 2.24) is 9.97 Å². The maximum Gasteiger partial charge on any atom is 0.229 e. The first kappa shape index (κ1) is 18.2. The predicted octanol–water partition coefficient (Wildman–Crippen LogP) is 4.06. The topological polar surface area (TPSA) is 82.9 Å². The molecule has 0 saturated carbocycles. The van der Waals surface area contributed by atoms with E-state index >= 15 is 0 Å². The summed E-state index contributed by atoms with van der Waals surface area (Å²) in [5.74, 6) is 2.07. The van der Waals surface area contributed by atoms with Crippen LogP contribution in [0.1, 0.15) is 16.8 Å². The second-order valence-corrected chi connectivity index (χ2v) is 5.99. The minimum absolute atomic E-state index is 0.456. The van der Waals surface area contributed by atoms with Crippen molar-refractivity contribution in [1.29, 1.82) is 5.26 Å². The number of nitrogens with one attached hydrogen (secondary N) is 2. The zero-order valence-corrected chi connectivity index (χ0v) is 15.4. The van der Waals surface area contributed by atoms with Crippen LogP contribution in [0.2, 0.25) is 0 Å². The molecule has 0 bridgehead atoms. The fourth-order valence-electron chi connectivity index (χ4n) is 2.76. The average Bonchev–Trinajstić information content (AvgIpc) is 2.68. The maximum absolute atomic E-state index is 9.22. The van der Waals surface area contributed by atoms with Gasteiger partial charge in [-0.2, -0.15) is 10.2 Å². The van der Waals surface area contributed by atoms with E-state index in [-0.39, 0.29) is 0 Å². The van der Waals surface area contributed by atoms with Crippen LogP contribution in [0.5, 0.6) is 5.75 Å². The van der Waals surface area contributed by atoms with Crippen LogP contribution in [0.15, 0.2) is 54.6 Å². The van der Waals surface area contributed by atoms with Crippen molar-refractivity contribution in [3.63, 3.8) is 0 Å². The Balaban J connectivity index is 1.69. The van der Waals surface area contributed by atoms with Crippen molar-refractivity contribution in [2.45, 2.75) is 13.3 Å². The van der Waals surface area contributed by atoms with Crippen molar-refractivity contribution < 1.29 is 4.74 Å². The molecular weight excluding hydrogens is 338 g/mol. The van der Waals surface area contributed by atoms with E-state index in [2.05, 4.69) is 32.7 Å². The Morgan fingerprint density at radius 1 is 1.07 bits per heavy atom. The van der Waals surface area contributed by atoms with Crippen LogP contribution >= 0.6 is 0 Å². The maximum atomic E-state index is 9.22. The standard InChI is InChI=1S/C21H21N5O/c1-15-13-20(23-12-11-16-7-4-6-10-19(16)27-2)26-21(24-15)25-18-9-5-3-8-17(18)14-22/h3-10,13H,11-12H2,1-2H3,(H2,23,24,25,26). The lowest BCUT2D eigenvalue weighted by atomic mass is 10.1. The highest BCUT2D eigenvalue weighted by molar-refractivity contribution is 5.63. The third kappa shape index (κ3) is 4.73. The second kappa shape index (κ2) is 8.68. The van der Waals surface area contributed by atoms with Crippen molar-refractivity contribution in [3.05, 3.63) is 71.4 Å². The quantitative estimate of drug-likeness (QED) is 0.662. The monoisotopic (exact) mass is 359 g/mol. The van der Waals surface area contributed by atoms with Crippen molar-refractivity contribution >= 4 is 17.5 Å². The Hall–Kier alpha value is -3.59. The minimum Gasteiger partial charge on any atom is -0.496 e. The van der Waals surface area contributed by atoms with Crippen LogP contribution < -0.4 is 15.4 Å². The SMILES string of the molecule is COc1ccccc1CCNc1cc(C)nc(Nc2ccccc2C#N)n1. The van der Waals surface area contributed by atoms with Crippen LogP contribution in [0, 0.1) is 18.3 Å². The zero-order valence-electron chi connectivity index (χ0n) is 15.4. The molecule has 6 heteroatoms. The molecule has 1 heterocycles. The molecule has 6 nitrogen and oxygen atoms in total. The van der Waals surface area contributed by atoms with Crippen molar-refractivity contribution in [3.8, 4) is 11.8 Å². The molecule has 0 aliphatic rings. The number of para-hydroxylation sites is 2. The number of nitrogens with zero attached hydrogens (tertiary/aromatic N) is 3. The lowest BCUT2D eigenvalue weighted by Crippen LogP contribution is -2.09. The number of aromatic nitrogens is 2. The van der Waals surface area contributed by atoms with Crippen molar-refractivity contribution in [2.24, 2.45) is 0 Å². The van der Waals surface area contributed by atoms with Gasteiger partial charge in [-0.1, -0.05) is 30.3 Å².